The molecule has 0 unspecified atom stereocenters. The number of carbonyl (C=O) groups is 1. The normalized spacial score (nSPS) is 10.7. The number of rotatable bonds is 13. The van der Waals surface area contributed by atoms with Gasteiger partial charge >= 0.3 is 0 Å². The van der Waals surface area contributed by atoms with Gasteiger partial charge in [0.25, 0.3) is 11.6 Å². The van der Waals surface area contributed by atoms with Crippen LogP contribution in [0.15, 0.2) is 90.0 Å². The smallest absolute Gasteiger partial charge is 0.271 e. The lowest BCUT2D eigenvalue weighted by atomic mass is 10.2. The summed E-state index contributed by atoms with van der Waals surface area (Å²) in [5, 5.41) is 15.0. The monoisotopic (exact) mass is 589 g/mol. The highest BCUT2D eigenvalue weighted by Gasteiger charge is 2.14. The molecule has 0 aliphatic rings. The zero-order valence-electron chi connectivity index (χ0n) is 22.9. The number of hydrazone groups is 1. The van der Waals surface area contributed by atoms with Crippen molar-refractivity contribution in [2.45, 2.75) is 20.1 Å². The van der Waals surface area contributed by atoms with E-state index in [4.69, 9.17) is 30.5 Å². The van der Waals surface area contributed by atoms with Gasteiger partial charge in [0.05, 0.1) is 29.9 Å². The summed E-state index contributed by atoms with van der Waals surface area (Å²) in [6.07, 6.45) is 1.39. The van der Waals surface area contributed by atoms with Gasteiger partial charge in [-0.25, -0.2) is 5.43 Å². The van der Waals surface area contributed by atoms with Gasteiger partial charge in [0.15, 0.2) is 23.0 Å². The Morgan fingerprint density at radius 1 is 0.905 bits per heavy atom. The summed E-state index contributed by atoms with van der Waals surface area (Å²) in [6.45, 7) is 2.98. The van der Waals surface area contributed by atoms with Gasteiger partial charge in [-0.1, -0.05) is 48.0 Å². The summed E-state index contributed by atoms with van der Waals surface area (Å²) in [5.74, 6) is 1.42. The second kappa shape index (κ2) is 14.5. The maximum Gasteiger partial charge on any atom is 0.271 e. The Bertz CT molecular complexity index is 1560. The van der Waals surface area contributed by atoms with Gasteiger partial charge in [-0.05, 0) is 60.0 Å². The lowest BCUT2D eigenvalue weighted by Gasteiger charge is -2.16. The van der Waals surface area contributed by atoms with Crippen LogP contribution in [0.1, 0.15) is 34.0 Å². The summed E-state index contributed by atoms with van der Waals surface area (Å²) in [7, 11) is 1.49. The summed E-state index contributed by atoms with van der Waals surface area (Å²) in [6, 6.07) is 23.9. The standard InChI is InChI=1S/C31H28ClN3O7/c1-3-40-28-16-22(9-14-27(28)41-19-21-7-5-4-6-8-21)20-42-30-26(32)15-23(17-29(30)39-2)18-33-34-31(36)24-10-12-25(13-11-24)35(37)38/h4-18H,3,19-20H2,1-2H3,(H,34,36)/b33-18+. The maximum atomic E-state index is 12.3. The molecular weight excluding hydrogens is 562 g/mol. The predicted molar refractivity (Wildman–Crippen MR) is 159 cm³/mol. The number of hydrogen-bond donors (Lipinski definition) is 1. The minimum atomic E-state index is -0.540. The molecule has 0 heterocycles. The second-order valence-corrected chi connectivity index (χ2v) is 9.22. The molecule has 1 amide bonds. The number of carbonyl (C=O) groups excluding carboxylic acids is 1. The highest BCUT2D eigenvalue weighted by atomic mass is 35.5. The number of ether oxygens (including phenoxy) is 4. The van der Waals surface area contributed by atoms with E-state index in [9.17, 15) is 14.9 Å². The fraction of sp³-hybridized carbons (Fsp3) is 0.161. The third-order valence-electron chi connectivity index (χ3n) is 5.90. The van der Waals surface area contributed by atoms with E-state index < -0.39 is 10.8 Å². The largest absolute Gasteiger partial charge is 0.493 e. The molecule has 42 heavy (non-hydrogen) atoms. The molecule has 4 aromatic rings. The van der Waals surface area contributed by atoms with Crippen LogP contribution in [0.3, 0.4) is 0 Å². The molecule has 0 saturated heterocycles. The summed E-state index contributed by atoms with van der Waals surface area (Å²) in [4.78, 5) is 22.5. The molecule has 0 aliphatic carbocycles. The number of nitrogens with zero attached hydrogens (tertiary/aromatic N) is 2. The van der Waals surface area contributed by atoms with E-state index >= 15 is 0 Å². The van der Waals surface area contributed by atoms with Gasteiger partial charge in [0, 0.05) is 17.7 Å². The Balaban J connectivity index is 1.40. The van der Waals surface area contributed by atoms with Crippen molar-refractivity contribution < 1.29 is 28.7 Å². The van der Waals surface area contributed by atoms with Crippen LogP contribution in [-0.4, -0.2) is 30.8 Å². The van der Waals surface area contributed by atoms with Crippen molar-refractivity contribution in [2.24, 2.45) is 5.10 Å². The molecule has 0 radical (unpaired) electrons. The lowest BCUT2D eigenvalue weighted by Crippen LogP contribution is -2.17. The molecule has 0 spiro atoms. The molecular formula is C31H28ClN3O7. The molecule has 0 aromatic heterocycles. The average Bonchev–Trinajstić information content (AvgIpc) is 3.00. The summed E-state index contributed by atoms with van der Waals surface area (Å²) < 4.78 is 23.3. The van der Waals surface area contributed by atoms with E-state index in [-0.39, 0.29) is 22.9 Å². The first-order valence-electron chi connectivity index (χ1n) is 12.9. The Morgan fingerprint density at radius 2 is 1.64 bits per heavy atom. The number of non-ortho nitro benzene ring substituents is 1. The number of amides is 1. The first kappa shape index (κ1) is 29.9. The van der Waals surface area contributed by atoms with Crippen molar-refractivity contribution in [1.29, 1.82) is 0 Å². The SMILES string of the molecule is CCOc1cc(COc2c(Cl)cc(/C=N/NC(=O)c3ccc([N+](=O)[O-])cc3)cc2OC)ccc1OCc1ccccc1. The molecule has 4 aromatic carbocycles. The van der Waals surface area contributed by atoms with Gasteiger partial charge in [0.1, 0.15) is 13.2 Å². The van der Waals surface area contributed by atoms with Crippen molar-refractivity contribution in [3.8, 4) is 23.0 Å². The molecule has 1 N–H and O–H groups in total. The third kappa shape index (κ3) is 7.98. The van der Waals surface area contributed by atoms with Crippen molar-refractivity contribution in [3.05, 3.63) is 122 Å². The highest BCUT2D eigenvalue weighted by Crippen LogP contribution is 2.37. The third-order valence-corrected chi connectivity index (χ3v) is 6.18. The molecule has 216 valence electrons. The summed E-state index contributed by atoms with van der Waals surface area (Å²) in [5.41, 5.74) is 4.92. The van der Waals surface area contributed by atoms with Crippen molar-refractivity contribution in [1.82, 2.24) is 5.43 Å². The average molecular weight is 590 g/mol. The van der Waals surface area contributed by atoms with Gasteiger partial charge in [-0.15, -0.1) is 0 Å². The molecule has 4 rings (SSSR count). The molecule has 0 atom stereocenters. The molecule has 0 fully saturated rings. The Hall–Kier alpha value is -5.09. The number of hydrogen-bond acceptors (Lipinski definition) is 8. The predicted octanol–water partition coefficient (Wildman–Crippen LogP) is 6.58. The summed E-state index contributed by atoms with van der Waals surface area (Å²) >= 11 is 6.51. The van der Waals surface area contributed by atoms with E-state index in [2.05, 4.69) is 10.5 Å². The maximum absolute atomic E-state index is 12.3. The van der Waals surface area contributed by atoms with Crippen molar-refractivity contribution in [3.63, 3.8) is 0 Å². The van der Waals surface area contributed by atoms with E-state index in [1.54, 1.807) is 12.1 Å². The Kier molecular flexibility index (Phi) is 10.3. The first-order valence-corrected chi connectivity index (χ1v) is 13.3. The molecule has 11 heteroatoms. The molecule has 0 saturated carbocycles. The molecule has 10 nitrogen and oxygen atoms in total. The Labute approximate surface area is 247 Å². The van der Waals surface area contributed by atoms with Gasteiger partial charge in [-0.3, -0.25) is 14.9 Å². The van der Waals surface area contributed by atoms with E-state index in [1.807, 2.05) is 55.5 Å². The number of nitro groups is 1. The number of methoxy groups -OCH3 is 1. The molecule has 0 aliphatic heterocycles. The van der Waals surface area contributed by atoms with E-state index in [1.165, 1.54) is 37.6 Å². The fourth-order valence-corrected chi connectivity index (χ4v) is 4.11. The van der Waals surface area contributed by atoms with Crippen LogP contribution >= 0.6 is 11.6 Å². The number of benzene rings is 4. The van der Waals surface area contributed by atoms with Crippen LogP contribution in [0.5, 0.6) is 23.0 Å². The van der Waals surface area contributed by atoms with Gasteiger partial charge < -0.3 is 18.9 Å². The molecule has 0 bridgehead atoms. The Morgan fingerprint density at radius 3 is 2.33 bits per heavy atom. The minimum absolute atomic E-state index is 0.112. The quantitative estimate of drug-likeness (QED) is 0.106. The van der Waals surface area contributed by atoms with Crippen LogP contribution in [0, 0.1) is 10.1 Å². The fourth-order valence-electron chi connectivity index (χ4n) is 3.84. The van der Waals surface area contributed by atoms with Crippen molar-refractivity contribution in [2.75, 3.05) is 13.7 Å². The minimum Gasteiger partial charge on any atom is -0.493 e. The number of nitrogens with one attached hydrogen (secondary N) is 1. The van der Waals surface area contributed by atoms with Crippen LogP contribution in [0.2, 0.25) is 5.02 Å². The van der Waals surface area contributed by atoms with Crippen LogP contribution in [-0.2, 0) is 13.2 Å². The van der Waals surface area contributed by atoms with Crippen LogP contribution in [0.4, 0.5) is 5.69 Å². The van der Waals surface area contributed by atoms with E-state index in [0.717, 1.165) is 11.1 Å². The topological polar surface area (TPSA) is 122 Å². The zero-order chi connectivity index (χ0) is 29.9. The highest BCUT2D eigenvalue weighted by molar-refractivity contribution is 6.32. The number of nitro benzene ring substituents is 1. The zero-order valence-corrected chi connectivity index (χ0v) is 23.7. The van der Waals surface area contributed by atoms with Crippen LogP contribution in [0.25, 0.3) is 0 Å². The van der Waals surface area contributed by atoms with Gasteiger partial charge in [-0.2, -0.15) is 5.10 Å². The first-order chi connectivity index (χ1) is 20.4. The number of halogens is 1. The van der Waals surface area contributed by atoms with Gasteiger partial charge in [0.2, 0.25) is 0 Å². The van der Waals surface area contributed by atoms with E-state index in [0.29, 0.717) is 41.8 Å². The second-order valence-electron chi connectivity index (χ2n) is 8.81. The van der Waals surface area contributed by atoms with Crippen molar-refractivity contribution >= 4 is 29.4 Å². The van der Waals surface area contributed by atoms with Crippen LogP contribution < -0.4 is 24.4 Å². The lowest BCUT2D eigenvalue weighted by molar-refractivity contribution is -0.384.